The molecule has 2 rings (SSSR count). The number of benzene rings is 1. The van der Waals surface area contributed by atoms with E-state index in [0.29, 0.717) is 0 Å². The third-order valence-electron chi connectivity index (χ3n) is 4.85. The van der Waals surface area contributed by atoms with E-state index in [1.165, 1.54) is 6.92 Å². The van der Waals surface area contributed by atoms with Crippen molar-refractivity contribution in [3.63, 3.8) is 0 Å². The summed E-state index contributed by atoms with van der Waals surface area (Å²) in [5.41, 5.74) is 0.0409. The maximum absolute atomic E-state index is 13.1. The first-order chi connectivity index (χ1) is 16.8. The molecule has 0 saturated carbocycles. The molecule has 1 aliphatic heterocycles. The average Bonchev–Trinajstić information content (AvgIpc) is 2.80. The molecule has 1 heterocycles. The molecule has 0 aromatic heterocycles. The summed E-state index contributed by atoms with van der Waals surface area (Å²) in [5, 5.41) is 2.38. The maximum Gasteiger partial charge on any atom is 0.408 e. The molecule has 9 nitrogen and oxygen atoms in total. The molecule has 1 amide bonds. The van der Waals surface area contributed by atoms with E-state index in [1.807, 2.05) is 37.3 Å². The number of hydrogen-bond acceptors (Lipinski definition) is 8. The van der Waals surface area contributed by atoms with Crippen molar-refractivity contribution >= 4 is 24.0 Å². The van der Waals surface area contributed by atoms with Gasteiger partial charge in [-0.15, -0.1) is 6.58 Å². The number of carbonyl (C=O) groups is 4. The molecule has 0 bridgehead atoms. The van der Waals surface area contributed by atoms with Gasteiger partial charge in [-0.2, -0.15) is 0 Å². The molecule has 36 heavy (non-hydrogen) atoms. The van der Waals surface area contributed by atoms with Crippen LogP contribution >= 0.6 is 0 Å². The number of amides is 1. The summed E-state index contributed by atoms with van der Waals surface area (Å²) in [6.07, 6.45) is -0.933. The summed E-state index contributed by atoms with van der Waals surface area (Å²) < 4.78 is 21.7. The van der Waals surface area contributed by atoms with Crippen molar-refractivity contribution in [1.82, 2.24) is 5.32 Å². The van der Waals surface area contributed by atoms with Gasteiger partial charge in [0, 0.05) is 0 Å². The molecule has 0 unspecified atom stereocenters. The van der Waals surface area contributed by atoms with E-state index in [0.717, 1.165) is 5.56 Å². The summed E-state index contributed by atoms with van der Waals surface area (Å²) in [6.45, 7) is 14.7. The number of carbonyl (C=O) groups excluding carboxylic acids is 4. The fourth-order valence-corrected chi connectivity index (χ4v) is 3.20. The van der Waals surface area contributed by atoms with Crippen LogP contribution in [0, 0.1) is 11.8 Å². The van der Waals surface area contributed by atoms with Gasteiger partial charge in [0.05, 0.1) is 5.92 Å². The number of hydrogen-bond donors (Lipinski definition) is 1. The van der Waals surface area contributed by atoms with E-state index >= 15 is 0 Å². The highest BCUT2D eigenvalue weighted by Gasteiger charge is 2.42. The number of allylic oxidation sites excluding steroid dienone is 1. The van der Waals surface area contributed by atoms with Crippen molar-refractivity contribution in [3.05, 3.63) is 48.6 Å². The van der Waals surface area contributed by atoms with Crippen LogP contribution < -0.4 is 5.32 Å². The van der Waals surface area contributed by atoms with Crippen molar-refractivity contribution in [1.29, 1.82) is 0 Å². The number of nitrogens with one attached hydrogen (secondary N) is 1. The second kappa shape index (κ2) is 14.3. The van der Waals surface area contributed by atoms with E-state index < -0.39 is 66.3 Å². The minimum atomic E-state index is -1.27. The number of alkyl carbamates (subject to hydrolysis) is 1. The molecule has 0 aliphatic carbocycles. The Morgan fingerprint density at radius 2 is 1.78 bits per heavy atom. The minimum absolute atomic E-state index is 0.210. The van der Waals surface area contributed by atoms with E-state index in [4.69, 9.17) is 18.9 Å². The smallest absolute Gasteiger partial charge is 0.408 e. The molecule has 1 saturated heterocycles. The largest absolute Gasteiger partial charge is 0.463 e. The molecule has 9 heteroatoms. The molecule has 1 N–H and O–H groups in total. The number of esters is 3. The summed E-state index contributed by atoms with van der Waals surface area (Å²) in [4.78, 5) is 50.4. The monoisotopic (exact) mass is 507 g/mol. The van der Waals surface area contributed by atoms with Crippen LogP contribution in [0.4, 0.5) is 4.79 Å². The Morgan fingerprint density at radius 1 is 1.19 bits per heavy atom. The molecule has 1 aromatic carbocycles. The summed E-state index contributed by atoms with van der Waals surface area (Å²) in [6, 6.07) is 7.90. The molecule has 0 spiro atoms. The van der Waals surface area contributed by atoms with Crippen LogP contribution in [0.15, 0.2) is 43.0 Å². The highest BCUT2D eigenvalue weighted by Crippen LogP contribution is 2.24. The Labute approximate surface area is 213 Å². The van der Waals surface area contributed by atoms with Crippen molar-refractivity contribution in [2.45, 2.75) is 78.7 Å². The predicted octanol–water partition coefficient (Wildman–Crippen LogP) is 3.99. The lowest BCUT2D eigenvalue weighted by Gasteiger charge is -2.29. The third-order valence-corrected chi connectivity index (χ3v) is 4.85. The Balaban J connectivity index is 0.00000205. The Morgan fingerprint density at radius 3 is 2.31 bits per heavy atom. The van der Waals surface area contributed by atoms with Gasteiger partial charge in [-0.3, -0.25) is 9.59 Å². The van der Waals surface area contributed by atoms with Crippen LogP contribution in [0.3, 0.4) is 0 Å². The Bertz CT molecular complexity index is 891. The van der Waals surface area contributed by atoms with Crippen LogP contribution in [-0.2, 0) is 39.8 Å². The lowest BCUT2D eigenvalue weighted by molar-refractivity contribution is -0.176. The minimum Gasteiger partial charge on any atom is -0.463 e. The van der Waals surface area contributed by atoms with Crippen molar-refractivity contribution in [2.75, 3.05) is 6.61 Å². The zero-order chi connectivity index (χ0) is 27.5. The van der Waals surface area contributed by atoms with Crippen molar-refractivity contribution < 1.29 is 38.1 Å². The normalized spacial score (nSPS) is 22.3. The molecule has 1 aliphatic rings. The highest BCUT2D eigenvalue weighted by atomic mass is 16.6. The van der Waals surface area contributed by atoms with Gasteiger partial charge in [-0.1, -0.05) is 50.3 Å². The standard InChI is InChI=1S/C24H33NO8.C3H6/c1-14(2)20(26)32-19-15(3)31-22(28)18(25-23(29)33-24(4,5)6)13-30-21(27)17(19)12-16-10-8-7-9-11-16;1-3-2/h7-11,14-15,17-19H,12-13H2,1-6H3,(H,25,29);3H,1H2,2H3/t15-,17+,18-,19-;/m0./s1/i;2+2. The van der Waals surface area contributed by atoms with Crippen LogP contribution in [0.1, 0.15) is 54.0 Å². The van der Waals surface area contributed by atoms with Crippen molar-refractivity contribution in [2.24, 2.45) is 11.8 Å². The van der Waals surface area contributed by atoms with Gasteiger partial charge in [0.25, 0.3) is 0 Å². The molecular formula is C27H39NO8. The highest BCUT2D eigenvalue weighted by molar-refractivity contribution is 5.83. The number of cyclic esters (lactones) is 2. The van der Waals surface area contributed by atoms with Gasteiger partial charge >= 0.3 is 24.0 Å². The maximum atomic E-state index is 13.1. The first-order valence-electron chi connectivity index (χ1n) is 12.0. The first-order valence-corrected chi connectivity index (χ1v) is 12.0. The summed E-state index contributed by atoms with van der Waals surface area (Å²) in [5.74, 6) is -3.39. The fourth-order valence-electron chi connectivity index (χ4n) is 3.20. The topological polar surface area (TPSA) is 117 Å². The predicted molar refractivity (Wildman–Crippen MR) is 134 cm³/mol. The quantitative estimate of drug-likeness (QED) is 0.361. The van der Waals surface area contributed by atoms with Gasteiger partial charge < -0.3 is 24.3 Å². The summed E-state index contributed by atoms with van der Waals surface area (Å²) in [7, 11) is 0. The average molecular weight is 508 g/mol. The van der Waals surface area contributed by atoms with Crippen LogP contribution in [0.25, 0.3) is 0 Å². The van der Waals surface area contributed by atoms with E-state index in [-0.39, 0.29) is 6.42 Å². The molecule has 4 atom stereocenters. The molecular weight excluding hydrogens is 468 g/mol. The lowest BCUT2D eigenvalue weighted by atomic mass is 9.91. The summed E-state index contributed by atoms with van der Waals surface area (Å²) >= 11 is 0. The molecule has 0 radical (unpaired) electrons. The molecule has 1 fully saturated rings. The first kappa shape index (κ1) is 30.7. The van der Waals surface area contributed by atoms with Gasteiger partial charge in [0.1, 0.15) is 24.2 Å². The van der Waals surface area contributed by atoms with Crippen LogP contribution in [-0.4, -0.2) is 54.5 Å². The zero-order valence-corrected chi connectivity index (χ0v) is 22.2. The number of ether oxygens (including phenoxy) is 4. The second-order valence-electron chi connectivity index (χ2n) is 9.73. The SMILES string of the molecule is C=C[14CH3].CC(C)C(=O)O[C@H]1[C@H](C)OC(=O)[C@@H](NC(=O)OC(C)(C)C)COC(=O)[C@@H]1Cc1ccccc1. The van der Waals surface area contributed by atoms with Gasteiger partial charge in [0.15, 0.2) is 12.1 Å². The number of rotatable bonds is 5. The lowest BCUT2D eigenvalue weighted by Crippen LogP contribution is -2.48. The molecule has 200 valence electrons. The zero-order valence-electron chi connectivity index (χ0n) is 22.2. The third kappa shape index (κ3) is 10.5. The van der Waals surface area contributed by atoms with E-state index in [1.54, 1.807) is 40.7 Å². The van der Waals surface area contributed by atoms with E-state index in [9.17, 15) is 19.2 Å². The van der Waals surface area contributed by atoms with Crippen LogP contribution in [0.2, 0.25) is 0 Å². The van der Waals surface area contributed by atoms with Crippen LogP contribution in [0.5, 0.6) is 0 Å². The Kier molecular flexibility index (Phi) is 12.1. The van der Waals surface area contributed by atoms with Gasteiger partial charge in [-0.05, 0) is 46.6 Å². The van der Waals surface area contributed by atoms with Gasteiger partial charge in [-0.25, -0.2) is 9.59 Å². The van der Waals surface area contributed by atoms with Gasteiger partial charge in [0.2, 0.25) is 0 Å². The van der Waals surface area contributed by atoms with E-state index in [2.05, 4.69) is 11.9 Å². The molecule has 1 aromatic rings. The Hall–Kier alpha value is -3.36. The fraction of sp³-hybridized carbons (Fsp3) is 0.556. The second-order valence-corrected chi connectivity index (χ2v) is 9.73. The van der Waals surface area contributed by atoms with Crippen molar-refractivity contribution in [3.8, 4) is 0 Å².